The number of halogens is 1. The Hall–Kier alpha value is -1.09. The maximum Gasteiger partial charge on any atom is 0.132 e. The highest BCUT2D eigenvalue weighted by atomic mass is 19.1. The lowest BCUT2D eigenvalue weighted by Crippen LogP contribution is -2.15. The van der Waals surface area contributed by atoms with Crippen molar-refractivity contribution in [2.75, 3.05) is 6.61 Å². The van der Waals surface area contributed by atoms with Gasteiger partial charge in [-0.05, 0) is 37.8 Å². The molecule has 0 heterocycles. The van der Waals surface area contributed by atoms with Crippen LogP contribution in [-0.2, 0) is 0 Å². The lowest BCUT2D eigenvalue weighted by atomic mass is 9.90. The molecule has 1 aliphatic carbocycles. The lowest BCUT2D eigenvalue weighted by molar-refractivity contribution is 0.192. The van der Waals surface area contributed by atoms with Crippen LogP contribution in [0.15, 0.2) is 18.2 Å². The fourth-order valence-electron chi connectivity index (χ4n) is 2.50. The molecule has 0 saturated heterocycles. The number of benzene rings is 1. The summed E-state index contributed by atoms with van der Waals surface area (Å²) in [6.07, 6.45) is 5.54. The van der Waals surface area contributed by atoms with Crippen molar-refractivity contribution in [3.05, 3.63) is 29.6 Å². The molecular formula is C15H21FO2. The summed E-state index contributed by atoms with van der Waals surface area (Å²) < 4.78 is 19.3. The van der Waals surface area contributed by atoms with Crippen LogP contribution in [0, 0.1) is 11.7 Å². The predicted molar refractivity (Wildman–Crippen MR) is 69.1 cm³/mol. The molecule has 1 N–H and O–H groups in total. The van der Waals surface area contributed by atoms with Crippen molar-refractivity contribution < 1.29 is 14.2 Å². The normalized spacial score (nSPS) is 18.6. The molecule has 1 aliphatic rings. The van der Waals surface area contributed by atoms with Crippen LogP contribution >= 0.6 is 0 Å². The first-order chi connectivity index (χ1) is 8.66. The van der Waals surface area contributed by atoms with E-state index in [0.717, 1.165) is 0 Å². The van der Waals surface area contributed by atoms with Crippen molar-refractivity contribution in [1.82, 2.24) is 0 Å². The summed E-state index contributed by atoms with van der Waals surface area (Å²) >= 11 is 0. The third kappa shape index (κ3) is 3.45. The predicted octanol–water partition coefficient (Wildman–Crippen LogP) is 3.84. The first kappa shape index (κ1) is 13.3. The van der Waals surface area contributed by atoms with Crippen molar-refractivity contribution in [2.24, 2.45) is 5.92 Å². The molecule has 0 radical (unpaired) electrons. The molecule has 0 unspecified atom stereocenters. The van der Waals surface area contributed by atoms with Gasteiger partial charge in [0.1, 0.15) is 11.6 Å². The molecule has 3 heteroatoms. The third-order valence-electron chi connectivity index (χ3n) is 3.63. The number of aliphatic hydroxyl groups excluding tert-OH is 1. The van der Waals surface area contributed by atoms with Crippen molar-refractivity contribution in [2.45, 2.75) is 45.1 Å². The summed E-state index contributed by atoms with van der Waals surface area (Å²) in [5, 5.41) is 9.35. The van der Waals surface area contributed by atoms with Crippen molar-refractivity contribution >= 4 is 0 Å². The van der Waals surface area contributed by atoms with Gasteiger partial charge in [0.2, 0.25) is 0 Å². The maximum absolute atomic E-state index is 13.6. The van der Waals surface area contributed by atoms with Crippen LogP contribution in [0.2, 0.25) is 0 Å². The van der Waals surface area contributed by atoms with Crippen molar-refractivity contribution in [3.8, 4) is 5.75 Å². The van der Waals surface area contributed by atoms with Crippen LogP contribution in [0.1, 0.15) is 50.7 Å². The van der Waals surface area contributed by atoms with Crippen molar-refractivity contribution in [1.29, 1.82) is 0 Å². The fourth-order valence-corrected chi connectivity index (χ4v) is 2.50. The van der Waals surface area contributed by atoms with E-state index in [0.29, 0.717) is 23.8 Å². The average Bonchev–Trinajstić information content (AvgIpc) is 2.37. The van der Waals surface area contributed by atoms with E-state index < -0.39 is 11.9 Å². The minimum Gasteiger partial charge on any atom is -0.493 e. The van der Waals surface area contributed by atoms with Gasteiger partial charge in [-0.25, -0.2) is 4.39 Å². The maximum atomic E-state index is 13.6. The quantitative estimate of drug-likeness (QED) is 0.882. The van der Waals surface area contributed by atoms with E-state index in [1.165, 1.54) is 38.2 Å². The Morgan fingerprint density at radius 2 is 2.06 bits per heavy atom. The summed E-state index contributed by atoms with van der Waals surface area (Å²) in [7, 11) is 0. The third-order valence-corrected chi connectivity index (χ3v) is 3.63. The standard InChI is InChI=1S/C15H21FO2/c1-11(17)14-8-7-13(9-15(14)16)18-10-12-5-3-2-4-6-12/h7-9,11-12,17H,2-6,10H2,1H3/t11-/m0/s1. The molecule has 0 spiro atoms. The molecule has 1 aromatic carbocycles. The zero-order valence-electron chi connectivity index (χ0n) is 10.9. The number of hydrogen-bond acceptors (Lipinski definition) is 2. The van der Waals surface area contributed by atoms with Gasteiger partial charge in [0.15, 0.2) is 0 Å². The first-order valence-corrected chi connectivity index (χ1v) is 6.77. The van der Waals surface area contributed by atoms with E-state index in [1.54, 1.807) is 19.1 Å². The minimum absolute atomic E-state index is 0.319. The molecule has 0 amide bonds. The molecule has 18 heavy (non-hydrogen) atoms. The van der Waals surface area contributed by atoms with Gasteiger partial charge in [-0.2, -0.15) is 0 Å². The highest BCUT2D eigenvalue weighted by Gasteiger charge is 2.15. The van der Waals surface area contributed by atoms with Crippen LogP contribution in [0.25, 0.3) is 0 Å². The molecule has 2 rings (SSSR count). The number of aliphatic hydroxyl groups is 1. The van der Waals surface area contributed by atoms with Crippen molar-refractivity contribution in [3.63, 3.8) is 0 Å². The smallest absolute Gasteiger partial charge is 0.132 e. The van der Waals surface area contributed by atoms with Gasteiger partial charge in [0, 0.05) is 11.6 Å². The lowest BCUT2D eigenvalue weighted by Gasteiger charge is -2.21. The molecule has 100 valence electrons. The molecule has 1 fully saturated rings. The Morgan fingerprint density at radius 1 is 1.33 bits per heavy atom. The largest absolute Gasteiger partial charge is 0.493 e. The molecule has 0 aliphatic heterocycles. The van der Waals surface area contributed by atoms with E-state index in [2.05, 4.69) is 0 Å². The number of rotatable bonds is 4. The van der Waals surface area contributed by atoms with E-state index in [9.17, 15) is 9.50 Å². The van der Waals surface area contributed by atoms with Gasteiger partial charge in [-0.3, -0.25) is 0 Å². The highest BCUT2D eigenvalue weighted by Crippen LogP contribution is 2.26. The van der Waals surface area contributed by atoms with Gasteiger partial charge in [0.05, 0.1) is 12.7 Å². The second-order valence-electron chi connectivity index (χ2n) is 5.17. The molecular weight excluding hydrogens is 231 g/mol. The zero-order chi connectivity index (χ0) is 13.0. The fraction of sp³-hybridized carbons (Fsp3) is 0.600. The summed E-state index contributed by atoms with van der Waals surface area (Å²) in [6.45, 7) is 2.23. The van der Waals surface area contributed by atoms with Gasteiger partial charge in [-0.1, -0.05) is 19.3 Å². The highest BCUT2D eigenvalue weighted by molar-refractivity contribution is 5.30. The minimum atomic E-state index is -0.780. The van der Waals surface area contributed by atoms with E-state index in [1.807, 2.05) is 0 Å². The summed E-state index contributed by atoms with van der Waals surface area (Å²) in [6, 6.07) is 4.69. The van der Waals surface area contributed by atoms with Gasteiger partial charge in [0.25, 0.3) is 0 Å². The van der Waals surface area contributed by atoms with Crippen LogP contribution in [0.5, 0.6) is 5.75 Å². The van der Waals surface area contributed by atoms with E-state index >= 15 is 0 Å². The molecule has 1 aromatic rings. The first-order valence-electron chi connectivity index (χ1n) is 6.77. The van der Waals surface area contributed by atoms with Crippen LogP contribution < -0.4 is 4.74 Å². The molecule has 0 bridgehead atoms. The second kappa shape index (κ2) is 6.19. The van der Waals surface area contributed by atoms with Gasteiger partial charge < -0.3 is 9.84 Å². The Kier molecular flexibility index (Phi) is 4.59. The van der Waals surface area contributed by atoms with Gasteiger partial charge >= 0.3 is 0 Å². The van der Waals surface area contributed by atoms with Crippen LogP contribution in [-0.4, -0.2) is 11.7 Å². The van der Waals surface area contributed by atoms with Crippen LogP contribution in [0.3, 0.4) is 0 Å². The van der Waals surface area contributed by atoms with E-state index in [4.69, 9.17) is 4.74 Å². The zero-order valence-corrected chi connectivity index (χ0v) is 10.9. The van der Waals surface area contributed by atoms with E-state index in [-0.39, 0.29) is 0 Å². The van der Waals surface area contributed by atoms with Crippen LogP contribution in [0.4, 0.5) is 4.39 Å². The number of hydrogen-bond donors (Lipinski definition) is 1. The monoisotopic (exact) mass is 252 g/mol. The topological polar surface area (TPSA) is 29.5 Å². The SMILES string of the molecule is C[C@H](O)c1ccc(OCC2CCCCC2)cc1F. The van der Waals surface area contributed by atoms with Gasteiger partial charge in [-0.15, -0.1) is 0 Å². The Labute approximate surface area is 108 Å². The second-order valence-corrected chi connectivity index (χ2v) is 5.17. The molecule has 0 aromatic heterocycles. The molecule has 1 saturated carbocycles. The summed E-state index contributed by atoms with van der Waals surface area (Å²) in [4.78, 5) is 0. The summed E-state index contributed by atoms with van der Waals surface area (Å²) in [5.41, 5.74) is 0.319. The Morgan fingerprint density at radius 3 is 2.67 bits per heavy atom. The molecule has 2 nitrogen and oxygen atoms in total. The average molecular weight is 252 g/mol. The number of ether oxygens (including phenoxy) is 1. The Bertz CT molecular complexity index is 384. The summed E-state index contributed by atoms with van der Waals surface area (Å²) in [5.74, 6) is 0.770. The Balaban J connectivity index is 1.91. The molecule has 1 atom stereocenters.